The molecule has 0 bridgehead atoms. The second-order valence-corrected chi connectivity index (χ2v) is 7.83. The molecule has 8 nitrogen and oxygen atoms in total. The molecule has 0 radical (unpaired) electrons. The van der Waals surface area contributed by atoms with Gasteiger partial charge in [0.05, 0.1) is 12.6 Å². The largest absolute Gasteiger partial charge is 0.479 e. The van der Waals surface area contributed by atoms with E-state index >= 15 is 0 Å². The number of carbonyl (C=O) groups is 1. The van der Waals surface area contributed by atoms with Crippen molar-refractivity contribution in [1.82, 2.24) is 24.5 Å². The average Bonchev–Trinajstić information content (AvgIpc) is 3.22. The Balaban J connectivity index is 1.49. The summed E-state index contributed by atoms with van der Waals surface area (Å²) in [6.45, 7) is 3.07. The van der Waals surface area contributed by atoms with Crippen molar-refractivity contribution in [2.24, 2.45) is 0 Å². The number of ether oxygens (including phenoxy) is 1. The van der Waals surface area contributed by atoms with Crippen LogP contribution < -0.4 is 10.1 Å². The fourth-order valence-electron chi connectivity index (χ4n) is 4.24. The highest BCUT2D eigenvalue weighted by molar-refractivity contribution is 5.90. The molecule has 1 aromatic carbocycles. The number of nitrogens with zero attached hydrogens (tertiary/aromatic N) is 5. The maximum atomic E-state index is 11.7. The number of piperidine rings is 1. The van der Waals surface area contributed by atoms with E-state index in [4.69, 9.17) is 4.74 Å². The first-order valence-corrected chi connectivity index (χ1v) is 10.4. The van der Waals surface area contributed by atoms with E-state index in [0.29, 0.717) is 18.4 Å². The molecule has 1 aliphatic heterocycles. The fourth-order valence-corrected chi connectivity index (χ4v) is 4.24. The van der Waals surface area contributed by atoms with Crippen LogP contribution in [0.3, 0.4) is 0 Å². The van der Waals surface area contributed by atoms with Crippen LogP contribution in [0.25, 0.3) is 27.5 Å². The lowest BCUT2D eigenvalue weighted by Crippen LogP contribution is -2.44. The van der Waals surface area contributed by atoms with E-state index in [0.717, 1.165) is 46.9 Å². The molecule has 3 aromatic heterocycles. The number of carbonyl (C=O) groups excluding carboxylic acids is 1. The number of aromatic nitrogens is 4. The molecular formula is C23H24N6O2. The highest BCUT2D eigenvalue weighted by atomic mass is 16.5. The summed E-state index contributed by atoms with van der Waals surface area (Å²) in [4.78, 5) is 22.6. The minimum Gasteiger partial charge on any atom is -0.479 e. The van der Waals surface area contributed by atoms with Gasteiger partial charge in [0.2, 0.25) is 17.7 Å². The molecule has 1 saturated heterocycles. The number of hydrogen-bond acceptors (Lipinski definition) is 6. The smallest absolute Gasteiger partial charge is 0.244 e. The molecule has 5 rings (SSSR count). The van der Waals surface area contributed by atoms with Crippen molar-refractivity contribution in [2.45, 2.75) is 25.8 Å². The molecule has 1 aliphatic rings. The summed E-state index contributed by atoms with van der Waals surface area (Å²) < 4.78 is 7.43. The molecule has 0 unspecified atom stereocenters. The molecule has 4 heterocycles. The number of pyridine rings is 1. The lowest BCUT2D eigenvalue weighted by atomic mass is 10.0. The third-order valence-corrected chi connectivity index (χ3v) is 5.79. The minimum absolute atomic E-state index is 0.0982. The van der Waals surface area contributed by atoms with Crippen LogP contribution in [0.1, 0.15) is 19.8 Å². The molecule has 1 N–H and O–H groups in total. The van der Waals surface area contributed by atoms with Crippen molar-refractivity contribution in [3.05, 3.63) is 48.8 Å². The van der Waals surface area contributed by atoms with Crippen LogP contribution >= 0.6 is 0 Å². The topological polar surface area (TPSA) is 84.6 Å². The Labute approximate surface area is 179 Å². The van der Waals surface area contributed by atoms with Crippen LogP contribution in [0.15, 0.2) is 48.8 Å². The molecule has 1 fully saturated rings. The van der Waals surface area contributed by atoms with Gasteiger partial charge in [0, 0.05) is 49.4 Å². The molecule has 0 aliphatic carbocycles. The summed E-state index contributed by atoms with van der Waals surface area (Å²) in [6.07, 6.45) is 5.63. The summed E-state index contributed by atoms with van der Waals surface area (Å²) in [6, 6.07) is 12.3. The molecule has 158 valence electrons. The van der Waals surface area contributed by atoms with Crippen molar-refractivity contribution in [1.29, 1.82) is 0 Å². The van der Waals surface area contributed by atoms with Gasteiger partial charge in [-0.3, -0.25) is 9.78 Å². The molecule has 4 aromatic rings. The van der Waals surface area contributed by atoms with Gasteiger partial charge >= 0.3 is 0 Å². The van der Waals surface area contributed by atoms with Crippen LogP contribution in [0.2, 0.25) is 0 Å². The number of fused-ring (bicyclic) bond motifs is 2. The van der Waals surface area contributed by atoms with E-state index in [1.807, 2.05) is 35.4 Å². The van der Waals surface area contributed by atoms with E-state index in [2.05, 4.69) is 32.5 Å². The maximum Gasteiger partial charge on any atom is 0.244 e. The second-order valence-electron chi connectivity index (χ2n) is 7.83. The Hall–Kier alpha value is -3.68. The second kappa shape index (κ2) is 7.86. The van der Waals surface area contributed by atoms with E-state index in [-0.39, 0.29) is 11.9 Å². The molecule has 0 saturated carbocycles. The van der Waals surface area contributed by atoms with E-state index < -0.39 is 0 Å². The predicted octanol–water partition coefficient (Wildman–Crippen LogP) is 3.38. The number of likely N-dealkylation sites (tertiary alicyclic amines) is 1. The Bertz CT molecular complexity index is 1270. The number of methoxy groups -OCH3 is 1. The van der Waals surface area contributed by atoms with Crippen LogP contribution in [0.4, 0.5) is 5.95 Å². The van der Waals surface area contributed by atoms with Gasteiger partial charge in [-0.25, -0.2) is 4.52 Å². The van der Waals surface area contributed by atoms with Crippen LogP contribution in [-0.4, -0.2) is 56.6 Å². The van der Waals surface area contributed by atoms with Crippen molar-refractivity contribution < 1.29 is 9.53 Å². The first-order valence-electron chi connectivity index (χ1n) is 10.4. The average molecular weight is 416 g/mol. The molecule has 31 heavy (non-hydrogen) atoms. The number of rotatable bonds is 4. The zero-order chi connectivity index (χ0) is 21.4. The third kappa shape index (κ3) is 3.65. The summed E-state index contributed by atoms with van der Waals surface area (Å²) in [7, 11) is 1.62. The standard InChI is InChI=1S/C23H24N6O2/c1-15(30)28-11-4-6-18(14-28)25-23-26-22(31-2)21-19(9-12-29(21)27-23)16-7-8-20-17(13-16)5-3-10-24-20/h3,5,7-10,12-13,18H,4,6,11,14H2,1-2H3,(H,25,27)/t18-/m1/s1. The Morgan fingerprint density at radius 1 is 1.26 bits per heavy atom. The SMILES string of the molecule is COc1nc(N[C@@H]2CCCN(C(C)=O)C2)nn2ccc(-c3ccc4ncccc4c3)c12. The maximum absolute atomic E-state index is 11.7. The number of hydrogen-bond donors (Lipinski definition) is 1. The van der Waals surface area contributed by atoms with Crippen molar-refractivity contribution in [3.63, 3.8) is 0 Å². The van der Waals surface area contributed by atoms with Gasteiger partial charge < -0.3 is 15.0 Å². The highest BCUT2D eigenvalue weighted by Gasteiger charge is 2.23. The lowest BCUT2D eigenvalue weighted by molar-refractivity contribution is -0.129. The predicted molar refractivity (Wildman–Crippen MR) is 119 cm³/mol. The number of benzene rings is 1. The Morgan fingerprint density at radius 2 is 2.16 bits per heavy atom. The Morgan fingerprint density at radius 3 is 3.00 bits per heavy atom. The summed E-state index contributed by atoms with van der Waals surface area (Å²) >= 11 is 0. The van der Waals surface area contributed by atoms with Gasteiger partial charge in [-0.2, -0.15) is 4.98 Å². The summed E-state index contributed by atoms with van der Waals surface area (Å²) in [5.41, 5.74) is 3.81. The minimum atomic E-state index is 0.0982. The van der Waals surface area contributed by atoms with Gasteiger partial charge in [0.15, 0.2) is 0 Å². The van der Waals surface area contributed by atoms with Gasteiger partial charge in [-0.15, -0.1) is 5.10 Å². The zero-order valence-electron chi connectivity index (χ0n) is 17.6. The van der Waals surface area contributed by atoms with E-state index in [1.54, 1.807) is 24.7 Å². The van der Waals surface area contributed by atoms with E-state index in [9.17, 15) is 4.79 Å². The first kappa shape index (κ1) is 19.3. The number of anilines is 1. The van der Waals surface area contributed by atoms with Gasteiger partial charge in [-0.05, 0) is 42.7 Å². The van der Waals surface area contributed by atoms with Crippen LogP contribution in [-0.2, 0) is 4.79 Å². The highest BCUT2D eigenvalue weighted by Crippen LogP contribution is 2.33. The summed E-state index contributed by atoms with van der Waals surface area (Å²) in [5.74, 6) is 1.09. The lowest BCUT2D eigenvalue weighted by Gasteiger charge is -2.32. The molecular weight excluding hydrogens is 392 g/mol. The van der Waals surface area contributed by atoms with Gasteiger partial charge in [0.1, 0.15) is 5.52 Å². The van der Waals surface area contributed by atoms with Crippen molar-refractivity contribution in [3.8, 4) is 17.0 Å². The molecule has 1 atom stereocenters. The van der Waals surface area contributed by atoms with E-state index in [1.165, 1.54) is 0 Å². The van der Waals surface area contributed by atoms with Crippen LogP contribution in [0.5, 0.6) is 5.88 Å². The first-order chi connectivity index (χ1) is 15.1. The monoisotopic (exact) mass is 416 g/mol. The molecule has 8 heteroatoms. The zero-order valence-corrected chi connectivity index (χ0v) is 17.6. The summed E-state index contributed by atoms with van der Waals surface area (Å²) in [5, 5.41) is 9.11. The quantitative estimate of drug-likeness (QED) is 0.549. The van der Waals surface area contributed by atoms with Crippen molar-refractivity contribution >= 4 is 28.3 Å². The third-order valence-electron chi connectivity index (χ3n) is 5.79. The number of nitrogens with one attached hydrogen (secondary N) is 1. The normalized spacial score (nSPS) is 16.6. The number of amides is 1. The molecule has 1 amide bonds. The Kier molecular flexibility index (Phi) is 4.89. The van der Waals surface area contributed by atoms with Crippen LogP contribution in [0, 0.1) is 0 Å². The van der Waals surface area contributed by atoms with Gasteiger partial charge in [0.25, 0.3) is 0 Å². The molecule has 0 spiro atoms. The van der Waals surface area contributed by atoms with Gasteiger partial charge in [-0.1, -0.05) is 12.1 Å². The van der Waals surface area contributed by atoms with Crippen molar-refractivity contribution in [2.75, 3.05) is 25.5 Å². The fraction of sp³-hybridized carbons (Fsp3) is 0.304.